The number of nitrogens with one attached hydrogen (secondary N) is 1. The van der Waals surface area contributed by atoms with Gasteiger partial charge in [-0.3, -0.25) is 0 Å². The maximum atomic E-state index is 10.3. The van der Waals surface area contributed by atoms with Gasteiger partial charge in [0.15, 0.2) is 0 Å². The molecule has 2 N–H and O–H groups in total. The van der Waals surface area contributed by atoms with E-state index in [0.717, 1.165) is 18.8 Å². The van der Waals surface area contributed by atoms with Crippen LogP contribution in [0.3, 0.4) is 0 Å². The lowest BCUT2D eigenvalue weighted by molar-refractivity contribution is 0.0552. The highest BCUT2D eigenvalue weighted by Gasteiger charge is 2.23. The first-order valence-corrected chi connectivity index (χ1v) is 6.40. The molecule has 1 unspecified atom stereocenters. The van der Waals surface area contributed by atoms with Crippen LogP contribution < -0.4 is 5.32 Å². The van der Waals surface area contributed by atoms with E-state index in [-0.39, 0.29) is 0 Å². The summed E-state index contributed by atoms with van der Waals surface area (Å²) in [5.74, 6) is 0.961. The first kappa shape index (κ1) is 14.2. The van der Waals surface area contributed by atoms with Crippen LogP contribution >= 0.6 is 0 Å². The van der Waals surface area contributed by atoms with Crippen LogP contribution in [0.2, 0.25) is 0 Å². The van der Waals surface area contributed by atoms with Crippen molar-refractivity contribution >= 4 is 0 Å². The monoisotopic (exact) mass is 239 g/mol. The number of aryl methyl sites for hydroxylation is 1. The van der Waals surface area contributed by atoms with Crippen LogP contribution in [0.25, 0.3) is 0 Å². The summed E-state index contributed by atoms with van der Waals surface area (Å²) >= 11 is 0. The number of nitrogens with zero attached hydrogens (tertiary/aromatic N) is 2. The third-order valence-electron chi connectivity index (χ3n) is 2.70. The third kappa shape index (κ3) is 4.88. The molecule has 1 rings (SSSR count). The van der Waals surface area contributed by atoms with E-state index >= 15 is 0 Å². The molecule has 1 aromatic rings. The Hall–Kier alpha value is -0.870. The molecule has 0 amide bonds. The SMILES string of the molecule is CCCn1ccnc1CC(C)(O)CNC(C)C. The fraction of sp³-hybridized carbons (Fsp3) is 0.769. The number of imidazole rings is 1. The first-order chi connectivity index (χ1) is 7.94. The van der Waals surface area contributed by atoms with E-state index in [1.165, 1.54) is 0 Å². The quantitative estimate of drug-likeness (QED) is 0.759. The third-order valence-corrected chi connectivity index (χ3v) is 2.70. The van der Waals surface area contributed by atoms with Crippen LogP contribution in [0.15, 0.2) is 12.4 Å². The molecule has 0 aliphatic rings. The topological polar surface area (TPSA) is 50.1 Å². The van der Waals surface area contributed by atoms with Gasteiger partial charge >= 0.3 is 0 Å². The van der Waals surface area contributed by atoms with Crippen LogP contribution in [-0.4, -0.2) is 32.8 Å². The number of aliphatic hydroxyl groups is 1. The molecular weight excluding hydrogens is 214 g/mol. The smallest absolute Gasteiger partial charge is 0.111 e. The largest absolute Gasteiger partial charge is 0.388 e. The van der Waals surface area contributed by atoms with Gasteiger partial charge in [0.25, 0.3) is 0 Å². The average molecular weight is 239 g/mol. The van der Waals surface area contributed by atoms with Crippen LogP contribution in [0.4, 0.5) is 0 Å². The van der Waals surface area contributed by atoms with Crippen molar-refractivity contribution in [2.24, 2.45) is 0 Å². The highest BCUT2D eigenvalue weighted by atomic mass is 16.3. The highest BCUT2D eigenvalue weighted by molar-refractivity contribution is 4.98. The van der Waals surface area contributed by atoms with Crippen molar-refractivity contribution < 1.29 is 5.11 Å². The first-order valence-electron chi connectivity index (χ1n) is 6.40. The Morgan fingerprint density at radius 3 is 2.82 bits per heavy atom. The summed E-state index contributed by atoms with van der Waals surface area (Å²) in [6.07, 6.45) is 5.44. The van der Waals surface area contributed by atoms with Crippen LogP contribution in [-0.2, 0) is 13.0 Å². The van der Waals surface area contributed by atoms with Crippen molar-refractivity contribution in [1.29, 1.82) is 0 Å². The molecular formula is C13H25N3O. The molecule has 1 heterocycles. The number of aromatic nitrogens is 2. The molecule has 0 radical (unpaired) electrons. The van der Waals surface area contributed by atoms with E-state index in [4.69, 9.17) is 0 Å². The molecule has 1 aromatic heterocycles. The van der Waals surface area contributed by atoms with Gasteiger partial charge in [0.05, 0.1) is 5.60 Å². The second kappa shape index (κ2) is 6.17. The number of hydrogen-bond acceptors (Lipinski definition) is 3. The summed E-state index contributed by atoms with van der Waals surface area (Å²) in [7, 11) is 0. The summed E-state index contributed by atoms with van der Waals surface area (Å²) < 4.78 is 2.11. The summed E-state index contributed by atoms with van der Waals surface area (Å²) in [5.41, 5.74) is -0.749. The Morgan fingerprint density at radius 1 is 1.53 bits per heavy atom. The van der Waals surface area contributed by atoms with Crippen LogP contribution in [0.1, 0.15) is 39.9 Å². The van der Waals surface area contributed by atoms with Crippen molar-refractivity contribution in [2.45, 2.75) is 58.7 Å². The molecule has 4 nitrogen and oxygen atoms in total. The molecule has 0 fully saturated rings. The van der Waals surface area contributed by atoms with Crippen molar-refractivity contribution in [3.63, 3.8) is 0 Å². The normalized spacial score (nSPS) is 15.2. The molecule has 0 saturated heterocycles. The Kier molecular flexibility index (Phi) is 5.15. The van der Waals surface area contributed by atoms with Crippen molar-refractivity contribution in [3.05, 3.63) is 18.2 Å². The van der Waals surface area contributed by atoms with Gasteiger partial charge in [-0.2, -0.15) is 0 Å². The fourth-order valence-electron chi connectivity index (χ4n) is 1.78. The summed E-state index contributed by atoms with van der Waals surface area (Å²) in [6, 6.07) is 0.386. The van der Waals surface area contributed by atoms with Gasteiger partial charge in [-0.15, -0.1) is 0 Å². The zero-order chi connectivity index (χ0) is 12.9. The second-order valence-corrected chi connectivity index (χ2v) is 5.25. The van der Waals surface area contributed by atoms with Gasteiger partial charge in [-0.25, -0.2) is 4.98 Å². The van der Waals surface area contributed by atoms with Gasteiger partial charge in [0.1, 0.15) is 5.82 Å². The standard InChI is InChI=1S/C13H25N3O/c1-5-7-16-8-6-14-12(16)9-13(4,17)10-15-11(2)3/h6,8,11,15,17H,5,7,9-10H2,1-4H3. The molecule has 17 heavy (non-hydrogen) atoms. The molecule has 1 atom stereocenters. The minimum atomic E-state index is -0.749. The average Bonchev–Trinajstić information content (AvgIpc) is 2.63. The molecule has 0 aliphatic heterocycles. The lowest BCUT2D eigenvalue weighted by Gasteiger charge is -2.25. The van der Waals surface area contributed by atoms with Gasteiger partial charge in [-0.05, 0) is 13.3 Å². The van der Waals surface area contributed by atoms with Crippen molar-refractivity contribution in [2.75, 3.05) is 6.54 Å². The van der Waals surface area contributed by atoms with E-state index in [0.29, 0.717) is 19.0 Å². The maximum absolute atomic E-state index is 10.3. The zero-order valence-electron chi connectivity index (χ0n) is 11.4. The summed E-state index contributed by atoms with van der Waals surface area (Å²) in [6.45, 7) is 9.70. The Balaban J connectivity index is 2.58. The van der Waals surface area contributed by atoms with Crippen molar-refractivity contribution in [3.8, 4) is 0 Å². The Labute approximate surface area is 104 Å². The highest BCUT2D eigenvalue weighted by Crippen LogP contribution is 2.12. The molecule has 98 valence electrons. The maximum Gasteiger partial charge on any atom is 0.111 e. The fourth-order valence-corrected chi connectivity index (χ4v) is 1.78. The predicted molar refractivity (Wildman–Crippen MR) is 70.0 cm³/mol. The molecule has 0 spiro atoms. The Bertz CT molecular complexity index is 331. The number of hydrogen-bond donors (Lipinski definition) is 2. The molecule has 0 bridgehead atoms. The van der Waals surface area contributed by atoms with Gasteiger partial charge in [0, 0.05) is 37.9 Å². The molecule has 4 heteroatoms. The van der Waals surface area contributed by atoms with Crippen molar-refractivity contribution in [1.82, 2.24) is 14.9 Å². The van der Waals surface area contributed by atoms with E-state index < -0.39 is 5.60 Å². The minimum absolute atomic E-state index is 0.386. The molecule has 0 aliphatic carbocycles. The summed E-state index contributed by atoms with van der Waals surface area (Å²) in [5, 5.41) is 13.6. The Morgan fingerprint density at radius 2 is 2.24 bits per heavy atom. The second-order valence-electron chi connectivity index (χ2n) is 5.25. The van der Waals surface area contributed by atoms with Gasteiger partial charge in [0.2, 0.25) is 0 Å². The van der Waals surface area contributed by atoms with E-state index in [1.807, 2.05) is 13.1 Å². The minimum Gasteiger partial charge on any atom is -0.388 e. The summed E-state index contributed by atoms with van der Waals surface area (Å²) in [4.78, 5) is 4.32. The van der Waals surface area contributed by atoms with E-state index in [2.05, 4.69) is 35.6 Å². The number of rotatable bonds is 7. The van der Waals surface area contributed by atoms with E-state index in [9.17, 15) is 5.11 Å². The van der Waals surface area contributed by atoms with Crippen LogP contribution in [0.5, 0.6) is 0 Å². The van der Waals surface area contributed by atoms with Gasteiger partial charge < -0.3 is 15.0 Å². The van der Waals surface area contributed by atoms with E-state index in [1.54, 1.807) is 6.20 Å². The zero-order valence-corrected chi connectivity index (χ0v) is 11.4. The van der Waals surface area contributed by atoms with Crippen LogP contribution in [0, 0.1) is 0 Å². The lowest BCUT2D eigenvalue weighted by Crippen LogP contribution is -2.42. The lowest BCUT2D eigenvalue weighted by atomic mass is 10.0. The molecule has 0 saturated carbocycles. The molecule has 0 aromatic carbocycles. The predicted octanol–water partition coefficient (Wildman–Crippen LogP) is 1.58. The van der Waals surface area contributed by atoms with Gasteiger partial charge in [-0.1, -0.05) is 20.8 Å².